The summed E-state index contributed by atoms with van der Waals surface area (Å²) >= 11 is 6.45. The Morgan fingerprint density at radius 2 is 2.04 bits per heavy atom. The molecule has 2 aromatic rings. The Balaban J connectivity index is 1.81. The van der Waals surface area contributed by atoms with E-state index in [0.29, 0.717) is 41.3 Å². The number of benzene rings is 1. The van der Waals surface area contributed by atoms with Crippen LogP contribution < -0.4 is 4.74 Å². The number of hydrogen-bond donors (Lipinski definition) is 0. The van der Waals surface area contributed by atoms with Crippen LogP contribution in [0, 0.1) is 11.8 Å². The van der Waals surface area contributed by atoms with Gasteiger partial charge in [-0.1, -0.05) is 38.4 Å². The van der Waals surface area contributed by atoms with Crippen molar-refractivity contribution in [3.05, 3.63) is 46.7 Å². The van der Waals surface area contributed by atoms with Crippen LogP contribution in [-0.4, -0.2) is 29.4 Å². The zero-order valence-corrected chi connectivity index (χ0v) is 16.5. The van der Waals surface area contributed by atoms with Crippen LogP contribution in [0.3, 0.4) is 0 Å². The lowest BCUT2D eigenvalue weighted by molar-refractivity contribution is 0.0817. The molecule has 1 aromatic carbocycles. The highest BCUT2D eigenvalue weighted by Gasteiger charge is 2.29. The molecule has 0 bridgehead atoms. The maximum Gasteiger partial charge on any atom is 0.256 e. The van der Waals surface area contributed by atoms with Crippen LogP contribution in [0.2, 0.25) is 5.02 Å². The maximum absolute atomic E-state index is 12.4. The first-order valence-corrected chi connectivity index (χ1v) is 9.40. The molecule has 3 rings (SSSR count). The van der Waals surface area contributed by atoms with E-state index in [1.807, 2.05) is 24.3 Å². The quantitative estimate of drug-likeness (QED) is 0.712. The predicted octanol–water partition coefficient (Wildman–Crippen LogP) is 5.05. The summed E-state index contributed by atoms with van der Waals surface area (Å²) < 4.78 is 5.90. The van der Waals surface area contributed by atoms with Gasteiger partial charge in [-0.2, -0.15) is 0 Å². The fraction of sp³-hybridized carbons (Fsp3) is 0.429. The van der Waals surface area contributed by atoms with Crippen LogP contribution in [0.15, 0.2) is 30.5 Å². The molecular formula is C21H25ClN2O2. The van der Waals surface area contributed by atoms with Crippen molar-refractivity contribution in [2.24, 2.45) is 11.8 Å². The Hall–Kier alpha value is -2.07. The Morgan fingerprint density at radius 3 is 2.73 bits per heavy atom. The van der Waals surface area contributed by atoms with Crippen LogP contribution in [0.25, 0.3) is 11.1 Å². The SMILES string of the molecule is CC(C)C[C@@H](C)COc1ccc(-c2ccnc3c2C(=O)N(C)C3)cc1Cl. The molecule has 1 amide bonds. The van der Waals surface area contributed by atoms with Gasteiger partial charge in [-0.3, -0.25) is 9.78 Å². The van der Waals surface area contributed by atoms with E-state index >= 15 is 0 Å². The summed E-state index contributed by atoms with van der Waals surface area (Å²) in [6, 6.07) is 7.57. The number of pyridine rings is 1. The van der Waals surface area contributed by atoms with E-state index < -0.39 is 0 Å². The van der Waals surface area contributed by atoms with Crippen molar-refractivity contribution in [1.82, 2.24) is 9.88 Å². The van der Waals surface area contributed by atoms with E-state index in [4.69, 9.17) is 16.3 Å². The van der Waals surface area contributed by atoms with Gasteiger partial charge in [0.1, 0.15) is 5.75 Å². The smallest absolute Gasteiger partial charge is 0.256 e. The van der Waals surface area contributed by atoms with Crippen molar-refractivity contribution in [2.75, 3.05) is 13.7 Å². The lowest BCUT2D eigenvalue weighted by Crippen LogP contribution is -2.17. The number of hydrogen-bond acceptors (Lipinski definition) is 3. The van der Waals surface area contributed by atoms with Crippen LogP contribution in [0.5, 0.6) is 5.75 Å². The van der Waals surface area contributed by atoms with Gasteiger partial charge in [0.05, 0.1) is 29.4 Å². The number of ether oxygens (including phenoxy) is 1. The third-order valence-electron chi connectivity index (χ3n) is 4.62. The molecule has 1 atom stereocenters. The van der Waals surface area contributed by atoms with E-state index in [1.54, 1.807) is 18.1 Å². The zero-order valence-electron chi connectivity index (χ0n) is 15.8. The molecule has 0 N–H and O–H groups in total. The summed E-state index contributed by atoms with van der Waals surface area (Å²) in [6.45, 7) is 7.80. The van der Waals surface area contributed by atoms with Crippen molar-refractivity contribution in [1.29, 1.82) is 0 Å². The highest BCUT2D eigenvalue weighted by Crippen LogP contribution is 2.35. The number of aromatic nitrogens is 1. The van der Waals surface area contributed by atoms with Crippen LogP contribution >= 0.6 is 11.6 Å². The van der Waals surface area contributed by atoms with Crippen molar-refractivity contribution in [2.45, 2.75) is 33.7 Å². The van der Waals surface area contributed by atoms with Gasteiger partial charge < -0.3 is 9.64 Å². The first kappa shape index (κ1) is 18.7. The molecule has 138 valence electrons. The van der Waals surface area contributed by atoms with Crippen molar-refractivity contribution >= 4 is 17.5 Å². The number of carbonyl (C=O) groups excluding carboxylic acids is 1. The number of nitrogens with zero attached hydrogens (tertiary/aromatic N) is 2. The normalized spacial score (nSPS) is 14.7. The molecule has 4 nitrogen and oxygen atoms in total. The highest BCUT2D eigenvalue weighted by atomic mass is 35.5. The third kappa shape index (κ3) is 3.85. The van der Waals surface area contributed by atoms with Crippen LogP contribution in [-0.2, 0) is 6.54 Å². The summed E-state index contributed by atoms with van der Waals surface area (Å²) in [6.07, 6.45) is 2.86. The molecule has 1 aliphatic rings. The lowest BCUT2D eigenvalue weighted by Gasteiger charge is -2.16. The molecule has 2 heterocycles. The largest absolute Gasteiger partial charge is 0.492 e. The van der Waals surface area contributed by atoms with Gasteiger partial charge in [-0.15, -0.1) is 0 Å². The van der Waals surface area contributed by atoms with Crippen LogP contribution in [0.1, 0.15) is 43.2 Å². The second kappa shape index (κ2) is 7.67. The summed E-state index contributed by atoms with van der Waals surface area (Å²) in [7, 11) is 1.79. The Morgan fingerprint density at radius 1 is 1.27 bits per heavy atom. The maximum atomic E-state index is 12.4. The van der Waals surface area contributed by atoms with Crippen molar-refractivity contribution < 1.29 is 9.53 Å². The fourth-order valence-corrected chi connectivity index (χ4v) is 3.72. The average molecular weight is 373 g/mol. The number of fused-ring (bicyclic) bond motifs is 1. The van der Waals surface area contributed by atoms with Gasteiger partial charge in [-0.25, -0.2) is 0 Å². The average Bonchev–Trinajstić information content (AvgIpc) is 2.87. The van der Waals surface area contributed by atoms with E-state index in [1.165, 1.54) is 0 Å². The summed E-state index contributed by atoms with van der Waals surface area (Å²) in [5, 5.41) is 0.559. The molecule has 0 saturated heterocycles. The summed E-state index contributed by atoms with van der Waals surface area (Å²) in [5.41, 5.74) is 3.25. The molecule has 0 fully saturated rings. The predicted molar refractivity (Wildman–Crippen MR) is 105 cm³/mol. The highest BCUT2D eigenvalue weighted by molar-refractivity contribution is 6.32. The first-order chi connectivity index (χ1) is 12.4. The van der Waals surface area contributed by atoms with Crippen molar-refractivity contribution in [3.63, 3.8) is 0 Å². The molecule has 1 aliphatic heterocycles. The van der Waals surface area contributed by atoms with Gasteiger partial charge in [0.25, 0.3) is 5.91 Å². The molecule has 5 heteroatoms. The number of amides is 1. The topological polar surface area (TPSA) is 42.4 Å². The summed E-state index contributed by atoms with van der Waals surface area (Å²) in [5.74, 6) is 1.81. The number of halogens is 1. The fourth-order valence-electron chi connectivity index (χ4n) is 3.48. The van der Waals surface area contributed by atoms with E-state index in [0.717, 1.165) is 23.2 Å². The molecule has 0 aliphatic carbocycles. The minimum absolute atomic E-state index is 0.00191. The molecule has 0 radical (unpaired) electrons. The first-order valence-electron chi connectivity index (χ1n) is 9.03. The number of carbonyl (C=O) groups is 1. The second-order valence-electron chi connectivity index (χ2n) is 7.53. The minimum Gasteiger partial charge on any atom is -0.492 e. The molecule has 0 spiro atoms. The Bertz CT molecular complexity index is 820. The van der Waals surface area contributed by atoms with E-state index in [9.17, 15) is 4.79 Å². The van der Waals surface area contributed by atoms with Gasteiger partial charge in [0.15, 0.2) is 0 Å². The van der Waals surface area contributed by atoms with Crippen LogP contribution in [0.4, 0.5) is 0 Å². The zero-order chi connectivity index (χ0) is 18.8. The molecular weight excluding hydrogens is 348 g/mol. The Kier molecular flexibility index (Phi) is 5.52. The van der Waals surface area contributed by atoms with E-state index in [-0.39, 0.29) is 5.91 Å². The monoisotopic (exact) mass is 372 g/mol. The van der Waals surface area contributed by atoms with Gasteiger partial charge in [-0.05, 0) is 47.6 Å². The van der Waals surface area contributed by atoms with Crippen molar-refractivity contribution in [3.8, 4) is 16.9 Å². The summed E-state index contributed by atoms with van der Waals surface area (Å²) in [4.78, 5) is 18.5. The second-order valence-corrected chi connectivity index (χ2v) is 7.94. The molecule has 0 unspecified atom stereocenters. The van der Waals surface area contributed by atoms with Gasteiger partial charge >= 0.3 is 0 Å². The standard InChI is InChI=1S/C21H25ClN2O2/c1-13(2)9-14(3)12-26-19-6-5-15(10-17(19)22)16-7-8-23-18-11-24(4)21(25)20(16)18/h5-8,10,13-14H,9,11-12H2,1-4H3/t14-/m1/s1. The van der Waals surface area contributed by atoms with Gasteiger partial charge in [0.2, 0.25) is 0 Å². The minimum atomic E-state index is 0.00191. The molecule has 0 saturated carbocycles. The third-order valence-corrected chi connectivity index (χ3v) is 4.91. The Labute approximate surface area is 160 Å². The lowest BCUT2D eigenvalue weighted by atomic mass is 9.99. The number of rotatable bonds is 6. The van der Waals surface area contributed by atoms with Gasteiger partial charge in [0, 0.05) is 13.2 Å². The van der Waals surface area contributed by atoms with E-state index in [2.05, 4.69) is 25.8 Å². The molecule has 1 aromatic heterocycles. The molecule has 26 heavy (non-hydrogen) atoms.